The molecular weight excluding hydrogens is 344 g/mol. The maximum absolute atomic E-state index is 13.2. The first kappa shape index (κ1) is 16.0. The molecule has 2 N–H and O–H groups in total. The van der Waals surface area contributed by atoms with Crippen LogP contribution < -0.4 is 5.73 Å². The first-order valence-electron chi connectivity index (χ1n) is 8.95. The number of carbonyl (C=O) groups excluding carboxylic acids is 2. The molecule has 0 radical (unpaired) electrons. The third kappa shape index (κ3) is 2.27. The second-order valence-corrected chi connectivity index (χ2v) is 7.32. The molecule has 1 saturated carbocycles. The Morgan fingerprint density at radius 1 is 1.26 bits per heavy atom. The van der Waals surface area contributed by atoms with Crippen molar-refractivity contribution in [1.29, 1.82) is 0 Å². The van der Waals surface area contributed by atoms with E-state index in [1.165, 1.54) is 6.39 Å². The van der Waals surface area contributed by atoms with Crippen molar-refractivity contribution in [3.8, 4) is 0 Å². The Labute approximate surface area is 155 Å². The third-order valence-corrected chi connectivity index (χ3v) is 5.81. The van der Waals surface area contributed by atoms with Crippen LogP contribution in [0.1, 0.15) is 44.6 Å². The highest BCUT2D eigenvalue weighted by atomic mass is 16.3. The second-order valence-electron chi connectivity index (χ2n) is 7.32. The van der Waals surface area contributed by atoms with E-state index in [9.17, 15) is 9.59 Å². The van der Waals surface area contributed by atoms with E-state index in [0.717, 1.165) is 22.9 Å². The lowest BCUT2D eigenvalue weighted by Crippen LogP contribution is -2.40. The van der Waals surface area contributed by atoms with Crippen molar-refractivity contribution in [3.05, 3.63) is 59.4 Å². The minimum absolute atomic E-state index is 0.0128. The lowest BCUT2D eigenvalue weighted by Gasteiger charge is -2.35. The maximum Gasteiger partial charge on any atom is 0.273 e. The molecule has 3 aliphatic rings. The molecule has 1 aliphatic carbocycles. The molecule has 3 aromatic rings. The predicted octanol–water partition coefficient (Wildman–Crippen LogP) is 2.26. The topological polar surface area (TPSA) is 102 Å². The molecule has 7 nitrogen and oxygen atoms in total. The molecule has 2 saturated heterocycles. The van der Waals surface area contributed by atoms with Gasteiger partial charge in [-0.25, -0.2) is 9.97 Å². The number of amides is 2. The monoisotopic (exact) mass is 362 g/mol. The minimum Gasteiger partial charge on any atom is -0.447 e. The Hall–Kier alpha value is -3.22. The van der Waals surface area contributed by atoms with Crippen LogP contribution in [0.25, 0.3) is 10.9 Å². The number of fused-ring (bicyclic) bond motifs is 2. The van der Waals surface area contributed by atoms with Crippen molar-refractivity contribution in [2.75, 3.05) is 6.54 Å². The van der Waals surface area contributed by atoms with Crippen molar-refractivity contribution >= 4 is 22.7 Å². The molecule has 7 heteroatoms. The van der Waals surface area contributed by atoms with Crippen LogP contribution in [-0.2, 0) is 0 Å². The molecule has 6 rings (SSSR count). The summed E-state index contributed by atoms with van der Waals surface area (Å²) in [7, 11) is 0. The molecule has 1 aromatic carbocycles. The summed E-state index contributed by atoms with van der Waals surface area (Å²) in [6, 6.07) is 9.75. The van der Waals surface area contributed by atoms with E-state index in [4.69, 9.17) is 10.2 Å². The number of aromatic nitrogens is 2. The molecular formula is C20H18N4O3. The first-order chi connectivity index (χ1) is 13.0. The fourth-order valence-corrected chi connectivity index (χ4v) is 4.49. The van der Waals surface area contributed by atoms with Gasteiger partial charge >= 0.3 is 0 Å². The molecule has 3 fully saturated rings. The van der Waals surface area contributed by atoms with Crippen LogP contribution >= 0.6 is 0 Å². The fraction of sp³-hybridized carbons (Fsp3) is 0.300. The molecule has 136 valence electrons. The molecule has 2 bridgehead atoms. The zero-order valence-electron chi connectivity index (χ0n) is 14.8. The van der Waals surface area contributed by atoms with Crippen LogP contribution in [-0.4, -0.2) is 39.3 Å². The number of pyridine rings is 1. The zero-order valence-corrected chi connectivity index (χ0v) is 14.8. The Kier molecular flexibility index (Phi) is 3.34. The summed E-state index contributed by atoms with van der Waals surface area (Å²) in [6.45, 7) is 2.53. The van der Waals surface area contributed by atoms with Gasteiger partial charge in [-0.3, -0.25) is 9.59 Å². The summed E-state index contributed by atoms with van der Waals surface area (Å²) in [6.07, 6.45) is 2.14. The highest BCUT2D eigenvalue weighted by Gasteiger charge is 2.56. The number of rotatable bonds is 3. The number of carbonyl (C=O) groups is 2. The number of benzene rings is 1. The Morgan fingerprint density at radius 3 is 2.89 bits per heavy atom. The van der Waals surface area contributed by atoms with Crippen LogP contribution in [0.5, 0.6) is 0 Å². The van der Waals surface area contributed by atoms with E-state index < -0.39 is 5.91 Å². The van der Waals surface area contributed by atoms with Gasteiger partial charge in [-0.05, 0) is 37.0 Å². The van der Waals surface area contributed by atoms with Crippen LogP contribution in [0.15, 0.2) is 41.1 Å². The Bertz CT molecular complexity index is 1090. The maximum atomic E-state index is 13.2. The van der Waals surface area contributed by atoms with E-state index >= 15 is 0 Å². The van der Waals surface area contributed by atoms with Crippen molar-refractivity contribution in [1.82, 2.24) is 14.9 Å². The van der Waals surface area contributed by atoms with Gasteiger partial charge in [-0.2, -0.15) is 0 Å². The standard InChI is InChI=1S/C20H18N4O3/c1-10-6-11-4-2-3-5-13(11)23-16(10)20(26)24-8-12-7-14(24)15(12)18-17(19(21)25)22-9-27-18/h2-6,9,12,14-15H,7-8H2,1H3,(H2,21,25). The molecule has 4 heterocycles. The van der Waals surface area contributed by atoms with Gasteiger partial charge in [-0.1, -0.05) is 18.2 Å². The van der Waals surface area contributed by atoms with Crippen LogP contribution in [0.2, 0.25) is 0 Å². The number of aryl methyl sites for hydroxylation is 1. The molecule has 3 atom stereocenters. The van der Waals surface area contributed by atoms with Gasteiger partial charge < -0.3 is 15.1 Å². The third-order valence-electron chi connectivity index (χ3n) is 5.81. The molecule has 3 unspecified atom stereocenters. The lowest BCUT2D eigenvalue weighted by atomic mass is 9.72. The number of hydrogen-bond acceptors (Lipinski definition) is 5. The first-order valence-corrected chi connectivity index (χ1v) is 8.95. The van der Waals surface area contributed by atoms with E-state index in [0.29, 0.717) is 18.0 Å². The SMILES string of the molecule is Cc1cc2ccccc2nc1C(=O)N1CC2CC1C2c1ocnc1C(N)=O. The lowest BCUT2D eigenvalue weighted by molar-refractivity contribution is 0.0723. The van der Waals surface area contributed by atoms with Crippen molar-refractivity contribution in [2.24, 2.45) is 11.7 Å². The number of nitrogens with zero attached hydrogens (tertiary/aromatic N) is 3. The summed E-state index contributed by atoms with van der Waals surface area (Å²) < 4.78 is 5.46. The summed E-state index contributed by atoms with van der Waals surface area (Å²) in [5.41, 5.74) is 7.71. The van der Waals surface area contributed by atoms with Crippen molar-refractivity contribution < 1.29 is 14.0 Å². The summed E-state index contributed by atoms with van der Waals surface area (Å²) in [5.74, 6) is 0.0519. The van der Waals surface area contributed by atoms with Gasteiger partial charge in [-0.15, -0.1) is 0 Å². The number of para-hydroxylation sites is 1. The second kappa shape index (κ2) is 5.64. The van der Waals surface area contributed by atoms with Crippen LogP contribution in [0.3, 0.4) is 0 Å². The van der Waals surface area contributed by atoms with E-state index in [1.54, 1.807) is 0 Å². The van der Waals surface area contributed by atoms with Gasteiger partial charge in [0.05, 0.1) is 5.52 Å². The number of hydrogen-bond donors (Lipinski definition) is 1. The fourth-order valence-electron chi connectivity index (χ4n) is 4.49. The van der Waals surface area contributed by atoms with Crippen LogP contribution in [0.4, 0.5) is 0 Å². The number of nitrogens with two attached hydrogens (primary N) is 1. The van der Waals surface area contributed by atoms with Gasteiger partial charge in [0.25, 0.3) is 11.8 Å². The largest absolute Gasteiger partial charge is 0.447 e. The minimum atomic E-state index is -0.602. The van der Waals surface area contributed by atoms with Crippen LogP contribution in [0, 0.1) is 12.8 Å². The molecule has 2 aliphatic heterocycles. The van der Waals surface area contributed by atoms with E-state index in [1.807, 2.05) is 42.2 Å². The molecule has 27 heavy (non-hydrogen) atoms. The highest BCUT2D eigenvalue weighted by molar-refractivity contribution is 5.97. The van der Waals surface area contributed by atoms with Crippen molar-refractivity contribution in [3.63, 3.8) is 0 Å². The highest BCUT2D eigenvalue weighted by Crippen LogP contribution is 2.53. The van der Waals surface area contributed by atoms with Gasteiger partial charge in [0.2, 0.25) is 0 Å². The van der Waals surface area contributed by atoms with Gasteiger partial charge in [0.15, 0.2) is 12.1 Å². The average Bonchev–Trinajstić information content (AvgIpc) is 3.35. The Balaban J connectivity index is 1.47. The normalized spacial score (nSPS) is 23.4. The summed E-state index contributed by atoms with van der Waals surface area (Å²) in [4.78, 5) is 35.2. The predicted molar refractivity (Wildman–Crippen MR) is 97.2 cm³/mol. The quantitative estimate of drug-likeness (QED) is 0.770. The smallest absolute Gasteiger partial charge is 0.273 e. The number of oxazole rings is 1. The number of primary amides is 1. The van der Waals surface area contributed by atoms with E-state index in [-0.39, 0.29) is 29.5 Å². The molecule has 2 aromatic heterocycles. The molecule has 2 amide bonds. The Morgan fingerprint density at radius 2 is 2.07 bits per heavy atom. The zero-order chi connectivity index (χ0) is 18.7. The summed E-state index contributed by atoms with van der Waals surface area (Å²) in [5, 5.41) is 1.02. The average molecular weight is 362 g/mol. The molecule has 0 spiro atoms. The van der Waals surface area contributed by atoms with Gasteiger partial charge in [0.1, 0.15) is 11.5 Å². The summed E-state index contributed by atoms with van der Waals surface area (Å²) >= 11 is 0. The van der Waals surface area contributed by atoms with Crippen molar-refractivity contribution in [2.45, 2.75) is 25.3 Å². The van der Waals surface area contributed by atoms with E-state index in [2.05, 4.69) is 9.97 Å². The van der Waals surface area contributed by atoms with Gasteiger partial charge in [0, 0.05) is 23.9 Å².